The normalized spacial score (nSPS) is 13.6. The van der Waals surface area contributed by atoms with E-state index in [2.05, 4.69) is 10.6 Å². The number of nitrogens with zero attached hydrogens (tertiary/aromatic N) is 2. The van der Waals surface area contributed by atoms with Gasteiger partial charge in [0.1, 0.15) is 0 Å². The van der Waals surface area contributed by atoms with Gasteiger partial charge in [0.15, 0.2) is 0 Å². The smallest absolute Gasteiger partial charge is 0.238 e. The van der Waals surface area contributed by atoms with Gasteiger partial charge in [-0.2, -0.15) is 5.26 Å². The summed E-state index contributed by atoms with van der Waals surface area (Å²) in [6.07, 6.45) is 2.10. The summed E-state index contributed by atoms with van der Waals surface area (Å²) < 4.78 is 0. The van der Waals surface area contributed by atoms with Crippen molar-refractivity contribution in [2.45, 2.75) is 18.9 Å². The molecule has 0 saturated heterocycles. The molecule has 110 valence electrons. The lowest BCUT2D eigenvalue weighted by Crippen LogP contribution is -2.39. The van der Waals surface area contributed by atoms with Crippen LogP contribution in [-0.2, 0) is 9.59 Å². The molecular weight excluding hydrogens is 268 g/mol. The molecule has 2 rings (SSSR count). The summed E-state index contributed by atoms with van der Waals surface area (Å²) >= 11 is 0. The van der Waals surface area contributed by atoms with Crippen molar-refractivity contribution < 1.29 is 9.59 Å². The minimum Gasteiger partial charge on any atom is -0.352 e. The highest BCUT2D eigenvalue weighted by Gasteiger charge is 2.23. The van der Waals surface area contributed by atoms with Gasteiger partial charge < -0.3 is 10.6 Å². The Bertz CT molecular complexity index is 558. The number of hydrogen-bond donors (Lipinski definition) is 2. The lowest BCUT2D eigenvalue weighted by atomic mass is 10.2. The Morgan fingerprint density at radius 2 is 1.86 bits per heavy atom. The summed E-state index contributed by atoms with van der Waals surface area (Å²) in [4.78, 5) is 25.1. The molecule has 6 heteroatoms. The summed E-state index contributed by atoms with van der Waals surface area (Å²) in [5.74, 6) is -0.243. The fourth-order valence-corrected chi connectivity index (χ4v) is 1.88. The fourth-order valence-electron chi connectivity index (χ4n) is 1.88. The molecule has 1 aromatic carbocycles. The van der Waals surface area contributed by atoms with Crippen molar-refractivity contribution >= 4 is 17.5 Å². The van der Waals surface area contributed by atoms with Gasteiger partial charge in [-0.25, -0.2) is 0 Å². The van der Waals surface area contributed by atoms with Gasteiger partial charge in [-0.15, -0.1) is 0 Å². The molecule has 2 amide bonds. The minimum absolute atomic E-state index is 0.0498. The van der Waals surface area contributed by atoms with E-state index in [4.69, 9.17) is 5.26 Å². The number of benzene rings is 1. The molecule has 1 aliphatic carbocycles. The highest BCUT2D eigenvalue weighted by Crippen LogP contribution is 2.18. The maximum Gasteiger partial charge on any atom is 0.238 e. The minimum atomic E-state index is -0.193. The molecule has 0 aliphatic heterocycles. The summed E-state index contributed by atoms with van der Waals surface area (Å²) in [5, 5.41) is 14.3. The first-order chi connectivity index (χ1) is 10.1. The lowest BCUT2D eigenvalue weighted by Gasteiger charge is -2.15. The number of likely N-dealkylation sites (N-methyl/N-ethyl adjacent to an activating group) is 1. The number of carbonyl (C=O) groups is 2. The van der Waals surface area contributed by atoms with E-state index >= 15 is 0 Å². The SMILES string of the molecule is CN(CC(=O)Nc1ccc(C#N)cc1)CC(=O)NC1CC1. The van der Waals surface area contributed by atoms with Crippen LogP contribution in [0.1, 0.15) is 18.4 Å². The van der Waals surface area contributed by atoms with Gasteiger partial charge >= 0.3 is 0 Å². The van der Waals surface area contributed by atoms with Crippen molar-refractivity contribution in [1.82, 2.24) is 10.2 Å². The third-order valence-corrected chi connectivity index (χ3v) is 3.07. The molecule has 0 spiro atoms. The van der Waals surface area contributed by atoms with E-state index in [0.717, 1.165) is 12.8 Å². The number of rotatable bonds is 6. The number of hydrogen-bond acceptors (Lipinski definition) is 4. The van der Waals surface area contributed by atoms with Crippen molar-refractivity contribution in [3.63, 3.8) is 0 Å². The molecule has 1 fully saturated rings. The molecular formula is C15H18N4O2. The maximum atomic E-state index is 11.8. The third-order valence-electron chi connectivity index (χ3n) is 3.07. The zero-order valence-corrected chi connectivity index (χ0v) is 11.9. The van der Waals surface area contributed by atoms with Crippen LogP contribution in [0.15, 0.2) is 24.3 Å². The summed E-state index contributed by atoms with van der Waals surface area (Å²) in [5.41, 5.74) is 1.18. The summed E-state index contributed by atoms with van der Waals surface area (Å²) in [6, 6.07) is 8.98. The van der Waals surface area contributed by atoms with Crippen LogP contribution in [0, 0.1) is 11.3 Å². The summed E-state index contributed by atoms with van der Waals surface area (Å²) in [7, 11) is 1.73. The van der Waals surface area contributed by atoms with Crippen LogP contribution in [0.4, 0.5) is 5.69 Å². The van der Waals surface area contributed by atoms with E-state index in [1.54, 1.807) is 36.2 Å². The Balaban J connectivity index is 1.74. The van der Waals surface area contributed by atoms with Crippen molar-refractivity contribution in [2.75, 3.05) is 25.5 Å². The van der Waals surface area contributed by atoms with E-state index in [1.807, 2.05) is 6.07 Å². The molecule has 2 N–H and O–H groups in total. The number of nitrogens with one attached hydrogen (secondary N) is 2. The molecule has 0 heterocycles. The second-order valence-corrected chi connectivity index (χ2v) is 5.25. The van der Waals surface area contributed by atoms with Crippen LogP contribution in [-0.4, -0.2) is 42.9 Å². The van der Waals surface area contributed by atoms with Gasteiger partial charge in [-0.1, -0.05) is 0 Å². The van der Waals surface area contributed by atoms with Crippen molar-refractivity contribution in [2.24, 2.45) is 0 Å². The van der Waals surface area contributed by atoms with Crippen LogP contribution < -0.4 is 10.6 Å². The number of carbonyl (C=O) groups excluding carboxylic acids is 2. The van der Waals surface area contributed by atoms with Gasteiger partial charge in [0, 0.05) is 11.7 Å². The second kappa shape index (κ2) is 6.86. The molecule has 0 atom stereocenters. The van der Waals surface area contributed by atoms with Crippen LogP contribution in [0.5, 0.6) is 0 Å². The highest BCUT2D eigenvalue weighted by molar-refractivity contribution is 5.92. The van der Waals surface area contributed by atoms with E-state index in [9.17, 15) is 9.59 Å². The van der Waals surface area contributed by atoms with Crippen LogP contribution in [0.3, 0.4) is 0 Å². The quantitative estimate of drug-likeness (QED) is 0.806. The predicted octanol–water partition coefficient (Wildman–Crippen LogP) is 0.707. The van der Waals surface area contributed by atoms with Gasteiger partial charge in [-0.05, 0) is 44.2 Å². The zero-order chi connectivity index (χ0) is 15.2. The Labute approximate surface area is 123 Å². The first-order valence-electron chi connectivity index (χ1n) is 6.85. The molecule has 6 nitrogen and oxygen atoms in total. The number of nitriles is 1. The fraction of sp³-hybridized carbons (Fsp3) is 0.400. The van der Waals surface area contributed by atoms with E-state index in [1.165, 1.54) is 0 Å². The Morgan fingerprint density at radius 1 is 1.24 bits per heavy atom. The van der Waals surface area contributed by atoms with Crippen molar-refractivity contribution in [3.8, 4) is 6.07 Å². The van der Waals surface area contributed by atoms with Crippen molar-refractivity contribution in [3.05, 3.63) is 29.8 Å². The third kappa shape index (κ3) is 5.24. The average molecular weight is 286 g/mol. The topological polar surface area (TPSA) is 85.2 Å². The van der Waals surface area contributed by atoms with Crippen LogP contribution in [0.25, 0.3) is 0 Å². The first kappa shape index (κ1) is 15.0. The number of amides is 2. The second-order valence-electron chi connectivity index (χ2n) is 5.25. The zero-order valence-electron chi connectivity index (χ0n) is 11.9. The van der Waals surface area contributed by atoms with E-state index < -0.39 is 0 Å². The molecule has 1 saturated carbocycles. The average Bonchev–Trinajstić information content (AvgIpc) is 3.22. The van der Waals surface area contributed by atoms with Gasteiger partial charge in [0.05, 0.1) is 24.7 Å². The largest absolute Gasteiger partial charge is 0.352 e. The predicted molar refractivity (Wildman–Crippen MR) is 78.4 cm³/mol. The molecule has 1 aliphatic rings. The molecule has 0 unspecified atom stereocenters. The molecule has 0 aromatic heterocycles. The molecule has 0 radical (unpaired) electrons. The van der Waals surface area contributed by atoms with Crippen LogP contribution in [0.2, 0.25) is 0 Å². The molecule has 0 bridgehead atoms. The highest BCUT2D eigenvalue weighted by atomic mass is 16.2. The first-order valence-corrected chi connectivity index (χ1v) is 6.85. The van der Waals surface area contributed by atoms with Gasteiger partial charge in [0.25, 0.3) is 0 Å². The number of anilines is 1. The van der Waals surface area contributed by atoms with Crippen LogP contribution >= 0.6 is 0 Å². The monoisotopic (exact) mass is 286 g/mol. The van der Waals surface area contributed by atoms with E-state index in [-0.39, 0.29) is 24.9 Å². The van der Waals surface area contributed by atoms with Crippen molar-refractivity contribution in [1.29, 1.82) is 5.26 Å². The molecule has 1 aromatic rings. The van der Waals surface area contributed by atoms with Gasteiger partial charge in [-0.3, -0.25) is 14.5 Å². The van der Waals surface area contributed by atoms with E-state index in [0.29, 0.717) is 17.3 Å². The lowest BCUT2D eigenvalue weighted by molar-refractivity contribution is -0.123. The Hall–Kier alpha value is -2.39. The standard InChI is InChI=1S/C15H18N4O2/c1-19(10-15(21)18-13-6-7-13)9-14(20)17-12-4-2-11(8-16)3-5-12/h2-5,13H,6-7,9-10H2,1H3,(H,17,20)(H,18,21). The van der Waals surface area contributed by atoms with Gasteiger partial charge in [0.2, 0.25) is 11.8 Å². The summed E-state index contributed by atoms with van der Waals surface area (Å²) in [6.45, 7) is 0.343. The Kier molecular flexibility index (Phi) is 4.90. The molecule has 21 heavy (non-hydrogen) atoms. The maximum absolute atomic E-state index is 11.8. The Morgan fingerprint density at radius 3 is 2.43 bits per heavy atom.